The Morgan fingerprint density at radius 2 is 1.00 bits per heavy atom. The summed E-state index contributed by atoms with van der Waals surface area (Å²) < 4.78 is 24.6. The van der Waals surface area contributed by atoms with E-state index in [2.05, 4.69) is 164 Å². The zero-order valence-electron chi connectivity index (χ0n) is 42.5. The maximum absolute atomic E-state index is 13.2. The average molecular weight is 1100 g/mol. The molecule has 1 fully saturated rings. The molecule has 5 heterocycles. The third-order valence-electron chi connectivity index (χ3n) is 13.1. The Labute approximate surface area is 466 Å². The van der Waals surface area contributed by atoms with Crippen LogP contribution in [0.25, 0.3) is 58.3 Å². The van der Waals surface area contributed by atoms with Crippen molar-refractivity contribution in [3.63, 3.8) is 0 Å². The summed E-state index contributed by atoms with van der Waals surface area (Å²) in [5.41, 5.74) is 8.52. The molecule has 1 amide bonds. The first-order valence-electron chi connectivity index (χ1n) is 25.9. The van der Waals surface area contributed by atoms with Gasteiger partial charge in [0, 0.05) is 36.6 Å². The number of carboxylic acids is 1. The fourth-order valence-corrected chi connectivity index (χ4v) is 13.6. The summed E-state index contributed by atoms with van der Waals surface area (Å²) in [6.45, 7) is 6.20. The van der Waals surface area contributed by atoms with E-state index in [-0.39, 0.29) is 4.32 Å². The van der Waals surface area contributed by atoms with Crippen LogP contribution in [0.2, 0.25) is 0 Å². The van der Waals surface area contributed by atoms with Gasteiger partial charge in [-0.3, -0.25) is 14.5 Å². The number of benzene rings is 5. The minimum Gasteiger partial charge on any atom is -0.494 e. The number of rotatable bonds is 23. The molecule has 1 saturated heterocycles. The highest BCUT2D eigenvalue weighted by atomic mass is 32.2. The van der Waals surface area contributed by atoms with E-state index in [9.17, 15) is 14.7 Å². The van der Waals surface area contributed by atoms with E-state index in [0.717, 1.165) is 92.8 Å². The molecular formula is C62H58N2O7S5. The van der Waals surface area contributed by atoms with E-state index in [0.29, 0.717) is 34.5 Å². The monoisotopic (exact) mass is 1100 g/mol. The Bertz CT molecular complexity index is 3170. The summed E-state index contributed by atoms with van der Waals surface area (Å²) in [4.78, 5) is 34.8. The number of aliphatic carboxylic acids is 1. The van der Waals surface area contributed by atoms with Crippen LogP contribution in [0.3, 0.4) is 0 Å². The van der Waals surface area contributed by atoms with Gasteiger partial charge in [0.05, 0.1) is 27.9 Å². The Morgan fingerprint density at radius 3 is 1.43 bits per heavy atom. The molecule has 5 aromatic carbocycles. The van der Waals surface area contributed by atoms with Crippen LogP contribution in [-0.2, 0) is 9.59 Å². The predicted molar refractivity (Wildman–Crippen MR) is 320 cm³/mol. The van der Waals surface area contributed by atoms with Gasteiger partial charge in [0.25, 0.3) is 5.91 Å². The molecule has 1 N–H and O–H groups in total. The van der Waals surface area contributed by atoms with Crippen molar-refractivity contribution in [2.75, 3.05) is 37.9 Å². The second-order valence-corrected chi connectivity index (χ2v) is 23.4. The normalized spacial score (nSPS) is 13.7. The standard InChI is InChI=1S/C62H58N2O7S5/c1-3-5-7-9-35-68-49-27-17-43(18-28-49)53-33-31-51(73-53)41-11-21-46(22-12-41)64(47-23-13-42(14-24-47)52-32-34-54(74-52)44-19-29-50(30-20-44)69-36-10-8-6-4-2)48-25-15-45(16-26-48)60-59-58(70-37-38-71-59)55(75-60)39-56-61(67)63(40-57(65)66)62(72)76-56/h11-34,39H,3-10,35-38,40H2,1-2H3,(H,65,66). The minimum absolute atomic E-state index is 0.208. The van der Waals surface area contributed by atoms with Crippen LogP contribution in [0, 0.1) is 0 Å². The van der Waals surface area contributed by atoms with Crippen molar-refractivity contribution in [2.45, 2.75) is 65.2 Å². The van der Waals surface area contributed by atoms with Gasteiger partial charge >= 0.3 is 5.97 Å². The van der Waals surface area contributed by atoms with E-state index in [1.807, 2.05) is 0 Å². The number of nitrogens with zero attached hydrogens (tertiary/aromatic N) is 2. The first kappa shape index (κ1) is 52.7. The van der Waals surface area contributed by atoms with E-state index < -0.39 is 18.4 Å². The lowest BCUT2D eigenvalue weighted by Gasteiger charge is -2.26. The molecule has 76 heavy (non-hydrogen) atoms. The van der Waals surface area contributed by atoms with Crippen molar-refractivity contribution >= 4 is 97.3 Å². The largest absolute Gasteiger partial charge is 0.494 e. The van der Waals surface area contributed by atoms with E-state index >= 15 is 0 Å². The van der Waals surface area contributed by atoms with Crippen molar-refractivity contribution in [1.82, 2.24) is 4.90 Å². The van der Waals surface area contributed by atoms with Crippen molar-refractivity contribution in [3.8, 4) is 75.2 Å². The van der Waals surface area contributed by atoms with Gasteiger partial charge in [0.1, 0.15) is 35.6 Å². The van der Waals surface area contributed by atoms with Crippen LogP contribution in [0.5, 0.6) is 23.0 Å². The van der Waals surface area contributed by atoms with Crippen LogP contribution >= 0.6 is 58.0 Å². The van der Waals surface area contributed by atoms with E-state index in [1.54, 1.807) is 28.7 Å². The van der Waals surface area contributed by atoms with Gasteiger partial charge in [0.15, 0.2) is 11.5 Å². The number of carboxylic acid groups (broad SMARTS) is 1. The van der Waals surface area contributed by atoms with Gasteiger partial charge in [0.2, 0.25) is 0 Å². The van der Waals surface area contributed by atoms with Crippen LogP contribution in [0.15, 0.2) is 150 Å². The maximum Gasteiger partial charge on any atom is 0.323 e. The van der Waals surface area contributed by atoms with Crippen molar-refractivity contribution in [3.05, 3.63) is 155 Å². The third kappa shape index (κ3) is 12.4. The van der Waals surface area contributed by atoms with Gasteiger partial charge in [-0.05, 0) is 156 Å². The molecule has 14 heteroatoms. The van der Waals surface area contributed by atoms with E-state index in [4.69, 9.17) is 31.2 Å². The number of hydrogen-bond acceptors (Lipinski definition) is 12. The number of fused-ring (bicyclic) bond motifs is 1. The Balaban J connectivity index is 0.912. The molecular weight excluding hydrogens is 1050 g/mol. The molecule has 2 aliphatic rings. The van der Waals surface area contributed by atoms with Crippen LogP contribution < -0.4 is 23.8 Å². The van der Waals surface area contributed by atoms with E-state index in [1.165, 1.54) is 80.5 Å². The molecule has 0 atom stereocenters. The second-order valence-electron chi connectivity index (χ2n) is 18.5. The maximum atomic E-state index is 13.2. The highest BCUT2D eigenvalue weighted by molar-refractivity contribution is 8.26. The number of carbonyl (C=O) groups excluding carboxylic acids is 1. The topological polar surface area (TPSA) is 97.8 Å². The summed E-state index contributed by atoms with van der Waals surface area (Å²) in [5, 5.41) is 9.38. The fourth-order valence-electron chi connectivity index (χ4n) is 9.07. The first-order valence-corrected chi connectivity index (χ1v) is 29.6. The molecule has 9 nitrogen and oxygen atoms in total. The summed E-state index contributed by atoms with van der Waals surface area (Å²) >= 11 is 11.5. The Morgan fingerprint density at radius 1 is 0.579 bits per heavy atom. The van der Waals surface area contributed by atoms with Crippen molar-refractivity contribution < 1.29 is 33.6 Å². The lowest BCUT2D eigenvalue weighted by molar-refractivity contribution is -0.140. The highest BCUT2D eigenvalue weighted by Crippen LogP contribution is 2.52. The number of thiocarbonyl (C=S) groups is 1. The fraction of sp³-hybridized carbons (Fsp3) is 0.242. The van der Waals surface area contributed by atoms with Crippen molar-refractivity contribution in [2.24, 2.45) is 0 Å². The van der Waals surface area contributed by atoms with Gasteiger partial charge in [-0.25, -0.2) is 0 Å². The number of anilines is 3. The van der Waals surface area contributed by atoms with Gasteiger partial charge in [-0.2, -0.15) is 0 Å². The number of hydrogen-bond donors (Lipinski definition) is 1. The molecule has 0 saturated carbocycles. The molecule has 0 bridgehead atoms. The predicted octanol–water partition coefficient (Wildman–Crippen LogP) is 17.7. The highest BCUT2D eigenvalue weighted by Gasteiger charge is 2.35. The minimum atomic E-state index is -1.13. The summed E-state index contributed by atoms with van der Waals surface area (Å²) in [6.07, 6.45) is 11.2. The molecule has 0 aliphatic carbocycles. The van der Waals surface area contributed by atoms with Crippen molar-refractivity contribution in [1.29, 1.82) is 0 Å². The third-order valence-corrected chi connectivity index (χ3v) is 18.0. The Hall–Kier alpha value is -6.68. The number of thioether (sulfide) groups is 1. The lowest BCUT2D eigenvalue weighted by Crippen LogP contribution is -2.33. The lowest BCUT2D eigenvalue weighted by atomic mass is 10.1. The molecule has 2 aliphatic heterocycles. The number of ether oxygens (including phenoxy) is 4. The molecule has 10 rings (SSSR count). The SMILES string of the molecule is CCCCCCOc1ccc(-c2ccc(-c3ccc(N(c4ccc(-c5ccc(-c6ccc(OCCCCCC)cc6)s5)cc4)c4ccc(-c5sc(C=C6SC(=S)N(CC(=O)O)C6=O)c6c5OCCO6)cc4)cc3)s2)cc1. The molecule has 8 aromatic rings. The first-order chi connectivity index (χ1) is 37.2. The second kappa shape index (κ2) is 25.0. The van der Waals surface area contributed by atoms with Crippen LogP contribution in [0.1, 0.15) is 70.1 Å². The van der Waals surface area contributed by atoms with Gasteiger partial charge < -0.3 is 29.0 Å². The van der Waals surface area contributed by atoms with Gasteiger partial charge in [-0.1, -0.05) is 113 Å². The number of amides is 1. The quantitative estimate of drug-likeness (QED) is 0.0379. The molecule has 0 spiro atoms. The average Bonchev–Trinajstić information content (AvgIpc) is 4.28. The Kier molecular flexibility index (Phi) is 17.3. The molecule has 388 valence electrons. The van der Waals surface area contributed by atoms with Crippen LogP contribution in [0.4, 0.5) is 17.1 Å². The summed E-state index contributed by atoms with van der Waals surface area (Å²) in [5.74, 6) is 1.42. The van der Waals surface area contributed by atoms with Gasteiger partial charge in [-0.15, -0.1) is 34.0 Å². The van der Waals surface area contributed by atoms with Crippen LogP contribution in [-0.4, -0.2) is 59.2 Å². The molecule has 0 radical (unpaired) electrons. The zero-order valence-corrected chi connectivity index (χ0v) is 46.5. The molecule has 0 unspecified atom stereocenters. The number of carbonyl (C=O) groups is 2. The summed E-state index contributed by atoms with van der Waals surface area (Å²) in [7, 11) is 0. The smallest absolute Gasteiger partial charge is 0.323 e. The zero-order chi connectivity index (χ0) is 52.4. The summed E-state index contributed by atoms with van der Waals surface area (Å²) in [6, 6.07) is 51.6. The molecule has 3 aromatic heterocycles. The number of unbranched alkanes of at least 4 members (excludes halogenated alkanes) is 6. The number of thiophene rings is 3.